The van der Waals surface area contributed by atoms with Crippen LogP contribution in [0.15, 0.2) is 54.6 Å². The topological polar surface area (TPSA) is 35.5 Å². The van der Waals surface area contributed by atoms with Crippen LogP contribution in [0.4, 0.5) is 11.4 Å². The van der Waals surface area contributed by atoms with Crippen LogP contribution in [0, 0.1) is 0 Å². The number of rotatable bonds is 7. The summed E-state index contributed by atoms with van der Waals surface area (Å²) in [5.74, 6) is 0. The number of aliphatic hydroxyl groups excluding tert-OH is 1. The summed E-state index contributed by atoms with van der Waals surface area (Å²) in [7, 11) is 0. The molecule has 2 N–H and O–H groups in total. The Labute approximate surface area is 127 Å². The van der Waals surface area contributed by atoms with Crippen molar-refractivity contribution in [3.63, 3.8) is 0 Å². The number of hydrogen-bond donors (Lipinski definition) is 2. The maximum atomic E-state index is 10.3. The van der Waals surface area contributed by atoms with Gasteiger partial charge in [-0.1, -0.05) is 42.5 Å². The summed E-state index contributed by atoms with van der Waals surface area (Å²) in [6, 6.07) is 18.2. The molecule has 0 saturated carbocycles. The van der Waals surface area contributed by atoms with Crippen molar-refractivity contribution in [2.45, 2.75) is 26.5 Å². The van der Waals surface area contributed by atoms with Crippen molar-refractivity contribution in [3.8, 4) is 0 Å². The SMILES string of the molecule is CCN(CC)c1ccccc1NC(O)Cc1ccccc1. The molecule has 3 nitrogen and oxygen atoms in total. The molecule has 2 aromatic carbocycles. The molecule has 0 spiro atoms. The molecule has 2 rings (SSSR count). The van der Waals surface area contributed by atoms with E-state index in [-0.39, 0.29) is 0 Å². The lowest BCUT2D eigenvalue weighted by Gasteiger charge is -2.26. The average Bonchev–Trinajstić information content (AvgIpc) is 2.51. The van der Waals surface area contributed by atoms with E-state index in [9.17, 15) is 5.11 Å². The van der Waals surface area contributed by atoms with Crippen LogP contribution in [-0.2, 0) is 6.42 Å². The fraction of sp³-hybridized carbons (Fsp3) is 0.333. The van der Waals surface area contributed by atoms with E-state index >= 15 is 0 Å². The lowest BCUT2D eigenvalue weighted by molar-refractivity contribution is 0.204. The molecule has 112 valence electrons. The quantitative estimate of drug-likeness (QED) is 0.764. The minimum atomic E-state index is -0.593. The molecule has 0 aliphatic rings. The molecule has 21 heavy (non-hydrogen) atoms. The Kier molecular flexibility index (Phi) is 5.64. The maximum Gasteiger partial charge on any atom is 0.128 e. The normalized spacial score (nSPS) is 12.0. The fourth-order valence-corrected chi connectivity index (χ4v) is 2.50. The smallest absolute Gasteiger partial charge is 0.128 e. The molecule has 0 aliphatic carbocycles. The van der Waals surface area contributed by atoms with Crippen molar-refractivity contribution in [1.29, 1.82) is 0 Å². The highest BCUT2D eigenvalue weighted by Crippen LogP contribution is 2.26. The second-order valence-electron chi connectivity index (χ2n) is 5.04. The van der Waals surface area contributed by atoms with E-state index in [0.717, 1.165) is 30.0 Å². The van der Waals surface area contributed by atoms with E-state index in [1.54, 1.807) is 0 Å². The van der Waals surface area contributed by atoms with E-state index in [1.807, 2.05) is 48.5 Å². The average molecular weight is 284 g/mol. The molecule has 3 heteroatoms. The second-order valence-corrected chi connectivity index (χ2v) is 5.04. The molecule has 0 radical (unpaired) electrons. The predicted molar refractivity (Wildman–Crippen MR) is 89.8 cm³/mol. The molecule has 0 amide bonds. The van der Waals surface area contributed by atoms with Crippen LogP contribution in [0.5, 0.6) is 0 Å². The monoisotopic (exact) mass is 284 g/mol. The molecule has 0 saturated heterocycles. The van der Waals surface area contributed by atoms with Gasteiger partial charge >= 0.3 is 0 Å². The predicted octanol–water partition coefficient (Wildman–Crippen LogP) is 3.51. The van der Waals surface area contributed by atoms with Gasteiger partial charge in [-0.2, -0.15) is 0 Å². The molecule has 0 heterocycles. The number of hydrogen-bond acceptors (Lipinski definition) is 3. The van der Waals surface area contributed by atoms with Crippen LogP contribution in [0.2, 0.25) is 0 Å². The molecule has 2 aromatic rings. The third kappa shape index (κ3) is 4.23. The number of nitrogens with zero attached hydrogens (tertiary/aromatic N) is 1. The highest BCUT2D eigenvalue weighted by atomic mass is 16.3. The molecule has 0 bridgehead atoms. The Hall–Kier alpha value is -2.00. The van der Waals surface area contributed by atoms with Gasteiger partial charge in [0.2, 0.25) is 0 Å². The largest absolute Gasteiger partial charge is 0.373 e. The third-order valence-corrected chi connectivity index (χ3v) is 3.60. The standard InChI is InChI=1S/C18H24N2O/c1-3-20(4-2)17-13-9-8-12-16(17)19-18(21)14-15-10-6-5-7-11-15/h5-13,18-19,21H,3-4,14H2,1-2H3. The summed E-state index contributed by atoms with van der Waals surface area (Å²) in [6.07, 6.45) is -0.00272. The van der Waals surface area contributed by atoms with Gasteiger partial charge in [-0.15, -0.1) is 0 Å². The zero-order chi connectivity index (χ0) is 15.1. The highest BCUT2D eigenvalue weighted by Gasteiger charge is 2.11. The second kappa shape index (κ2) is 7.70. The molecule has 0 aliphatic heterocycles. The Morgan fingerprint density at radius 1 is 0.952 bits per heavy atom. The van der Waals surface area contributed by atoms with E-state index in [2.05, 4.69) is 30.1 Å². The molecule has 0 fully saturated rings. The van der Waals surface area contributed by atoms with E-state index < -0.39 is 6.23 Å². The van der Waals surface area contributed by atoms with Crippen LogP contribution in [0.1, 0.15) is 19.4 Å². The van der Waals surface area contributed by atoms with Crippen molar-refractivity contribution in [3.05, 3.63) is 60.2 Å². The Morgan fingerprint density at radius 2 is 1.57 bits per heavy atom. The van der Waals surface area contributed by atoms with Gasteiger partial charge in [-0.25, -0.2) is 0 Å². The van der Waals surface area contributed by atoms with Crippen LogP contribution in [0.25, 0.3) is 0 Å². The van der Waals surface area contributed by atoms with Gasteiger partial charge in [0.05, 0.1) is 11.4 Å². The Balaban J connectivity index is 2.08. The summed E-state index contributed by atoms with van der Waals surface area (Å²) in [6.45, 7) is 6.18. The maximum absolute atomic E-state index is 10.3. The van der Waals surface area contributed by atoms with E-state index in [1.165, 1.54) is 0 Å². The van der Waals surface area contributed by atoms with Crippen molar-refractivity contribution in [1.82, 2.24) is 0 Å². The summed E-state index contributed by atoms with van der Waals surface area (Å²) in [5.41, 5.74) is 3.23. The highest BCUT2D eigenvalue weighted by molar-refractivity contribution is 5.70. The lowest BCUT2D eigenvalue weighted by atomic mass is 10.1. The first-order chi connectivity index (χ1) is 10.2. The third-order valence-electron chi connectivity index (χ3n) is 3.60. The van der Waals surface area contributed by atoms with Crippen molar-refractivity contribution in [2.75, 3.05) is 23.3 Å². The first kappa shape index (κ1) is 15.4. The minimum absolute atomic E-state index is 0.591. The number of para-hydroxylation sites is 2. The van der Waals surface area contributed by atoms with Gasteiger partial charge in [0, 0.05) is 19.5 Å². The number of aliphatic hydroxyl groups is 1. The van der Waals surface area contributed by atoms with Gasteiger partial charge in [0.15, 0.2) is 0 Å². The van der Waals surface area contributed by atoms with Crippen LogP contribution in [0.3, 0.4) is 0 Å². The molecule has 1 atom stereocenters. The van der Waals surface area contributed by atoms with Gasteiger partial charge in [-0.3, -0.25) is 0 Å². The van der Waals surface area contributed by atoms with Crippen LogP contribution in [-0.4, -0.2) is 24.4 Å². The fourth-order valence-electron chi connectivity index (χ4n) is 2.50. The molecule has 1 unspecified atom stereocenters. The first-order valence-electron chi connectivity index (χ1n) is 7.57. The van der Waals surface area contributed by atoms with Crippen LogP contribution < -0.4 is 10.2 Å². The summed E-state index contributed by atoms with van der Waals surface area (Å²) in [5, 5.41) is 13.5. The Bertz CT molecular complexity index is 538. The zero-order valence-corrected chi connectivity index (χ0v) is 12.8. The van der Waals surface area contributed by atoms with E-state index in [0.29, 0.717) is 6.42 Å². The minimum Gasteiger partial charge on any atom is -0.373 e. The molecular weight excluding hydrogens is 260 g/mol. The van der Waals surface area contributed by atoms with Crippen molar-refractivity contribution in [2.24, 2.45) is 0 Å². The van der Waals surface area contributed by atoms with Gasteiger partial charge in [0.1, 0.15) is 6.23 Å². The van der Waals surface area contributed by atoms with Gasteiger partial charge in [0.25, 0.3) is 0 Å². The summed E-state index contributed by atoms with van der Waals surface area (Å²) >= 11 is 0. The first-order valence-corrected chi connectivity index (χ1v) is 7.57. The number of anilines is 2. The van der Waals surface area contributed by atoms with Crippen molar-refractivity contribution < 1.29 is 5.11 Å². The number of nitrogens with one attached hydrogen (secondary N) is 1. The molecular formula is C18H24N2O. The van der Waals surface area contributed by atoms with E-state index in [4.69, 9.17) is 0 Å². The lowest BCUT2D eigenvalue weighted by Crippen LogP contribution is -2.26. The van der Waals surface area contributed by atoms with Crippen molar-refractivity contribution >= 4 is 11.4 Å². The zero-order valence-electron chi connectivity index (χ0n) is 12.8. The molecule has 0 aromatic heterocycles. The van der Waals surface area contributed by atoms with Crippen LogP contribution >= 0.6 is 0 Å². The Morgan fingerprint density at radius 3 is 2.24 bits per heavy atom. The van der Waals surface area contributed by atoms with Gasteiger partial charge in [-0.05, 0) is 31.5 Å². The summed E-state index contributed by atoms with van der Waals surface area (Å²) in [4.78, 5) is 2.28. The van der Waals surface area contributed by atoms with Gasteiger partial charge < -0.3 is 15.3 Å². The number of benzene rings is 2. The summed E-state index contributed by atoms with van der Waals surface area (Å²) < 4.78 is 0.